The van der Waals surface area contributed by atoms with Gasteiger partial charge in [0.25, 0.3) is 6.43 Å². The van der Waals surface area contributed by atoms with Crippen LogP contribution in [-0.2, 0) is 4.74 Å². The highest BCUT2D eigenvalue weighted by Crippen LogP contribution is 2.27. The van der Waals surface area contributed by atoms with Crippen LogP contribution in [0, 0.1) is 11.6 Å². The molecular weight excluding hydrogens is 266 g/mol. The van der Waals surface area contributed by atoms with E-state index in [2.05, 4.69) is 5.32 Å². The summed E-state index contributed by atoms with van der Waals surface area (Å²) < 4.78 is 55.9. The van der Waals surface area contributed by atoms with Gasteiger partial charge in [-0.05, 0) is 26.8 Å². The third kappa shape index (κ3) is 4.42. The summed E-state index contributed by atoms with van der Waals surface area (Å²) in [4.78, 5) is 11.4. The number of rotatable bonds is 2. The fourth-order valence-electron chi connectivity index (χ4n) is 1.26. The highest BCUT2D eigenvalue weighted by Gasteiger charge is 2.21. The summed E-state index contributed by atoms with van der Waals surface area (Å²) in [5, 5.41) is 2.06. The summed E-state index contributed by atoms with van der Waals surface area (Å²) in [5.74, 6) is -3.10. The second-order valence-corrected chi connectivity index (χ2v) is 4.79. The Kier molecular flexibility index (Phi) is 4.39. The van der Waals surface area contributed by atoms with Crippen LogP contribution in [0.4, 0.5) is 28.0 Å². The largest absolute Gasteiger partial charge is 0.444 e. The van der Waals surface area contributed by atoms with Crippen LogP contribution in [0.25, 0.3) is 0 Å². The quantitative estimate of drug-likeness (QED) is 0.822. The Hall–Kier alpha value is -1.79. The van der Waals surface area contributed by atoms with Crippen molar-refractivity contribution in [3.05, 3.63) is 29.3 Å². The molecule has 0 bridgehead atoms. The highest BCUT2D eigenvalue weighted by molar-refractivity contribution is 5.85. The lowest BCUT2D eigenvalue weighted by Crippen LogP contribution is -2.27. The molecule has 0 fully saturated rings. The molecule has 1 aromatic rings. The first-order valence-corrected chi connectivity index (χ1v) is 5.37. The third-order valence-electron chi connectivity index (χ3n) is 1.94. The van der Waals surface area contributed by atoms with Crippen LogP contribution in [0.2, 0.25) is 0 Å². The maximum absolute atomic E-state index is 13.1. The average molecular weight is 279 g/mol. The molecule has 0 aliphatic carbocycles. The first-order chi connectivity index (χ1) is 8.60. The Morgan fingerprint density at radius 3 is 2.32 bits per heavy atom. The van der Waals surface area contributed by atoms with Crippen molar-refractivity contribution in [1.29, 1.82) is 0 Å². The van der Waals surface area contributed by atoms with Crippen molar-refractivity contribution in [1.82, 2.24) is 0 Å². The first kappa shape index (κ1) is 15.3. The molecule has 0 saturated heterocycles. The summed E-state index contributed by atoms with van der Waals surface area (Å²) in [6, 6.07) is 1.26. The van der Waals surface area contributed by atoms with Crippen LogP contribution in [0.5, 0.6) is 0 Å². The van der Waals surface area contributed by atoms with Gasteiger partial charge in [0.1, 0.15) is 5.60 Å². The van der Waals surface area contributed by atoms with Gasteiger partial charge in [-0.25, -0.2) is 22.4 Å². The van der Waals surface area contributed by atoms with Gasteiger partial charge < -0.3 is 4.74 Å². The van der Waals surface area contributed by atoms with E-state index in [-0.39, 0.29) is 5.69 Å². The topological polar surface area (TPSA) is 38.3 Å². The molecule has 0 aliphatic rings. The molecule has 0 heterocycles. The minimum Gasteiger partial charge on any atom is -0.444 e. The van der Waals surface area contributed by atoms with Crippen LogP contribution in [0.15, 0.2) is 12.1 Å². The highest BCUT2D eigenvalue weighted by atomic mass is 19.3. The number of hydrogen-bond donors (Lipinski definition) is 1. The molecule has 0 spiro atoms. The van der Waals surface area contributed by atoms with Crippen molar-refractivity contribution >= 4 is 11.8 Å². The lowest BCUT2D eigenvalue weighted by molar-refractivity contribution is 0.0635. The van der Waals surface area contributed by atoms with Gasteiger partial charge in [0.2, 0.25) is 0 Å². The number of benzene rings is 1. The average Bonchev–Trinajstić information content (AvgIpc) is 2.19. The Morgan fingerprint density at radius 1 is 1.26 bits per heavy atom. The zero-order valence-electron chi connectivity index (χ0n) is 10.6. The van der Waals surface area contributed by atoms with Gasteiger partial charge in [-0.3, -0.25) is 5.32 Å². The molecule has 0 aliphatic heterocycles. The summed E-state index contributed by atoms with van der Waals surface area (Å²) in [5.41, 5.74) is -2.22. The van der Waals surface area contributed by atoms with Gasteiger partial charge in [0.15, 0.2) is 11.6 Å². The Balaban J connectivity index is 2.94. The van der Waals surface area contributed by atoms with E-state index in [1.807, 2.05) is 0 Å². The number of anilines is 1. The molecule has 1 rings (SSSR count). The zero-order valence-corrected chi connectivity index (χ0v) is 10.6. The molecule has 19 heavy (non-hydrogen) atoms. The summed E-state index contributed by atoms with van der Waals surface area (Å²) in [6.07, 6.45) is -4.13. The van der Waals surface area contributed by atoms with Gasteiger partial charge >= 0.3 is 6.09 Å². The first-order valence-electron chi connectivity index (χ1n) is 5.37. The monoisotopic (exact) mass is 279 g/mol. The fraction of sp³-hybridized carbons (Fsp3) is 0.417. The van der Waals surface area contributed by atoms with E-state index in [1.54, 1.807) is 20.8 Å². The van der Waals surface area contributed by atoms with Gasteiger partial charge in [-0.2, -0.15) is 0 Å². The Bertz CT molecular complexity index is 483. The van der Waals surface area contributed by atoms with Crippen LogP contribution in [-0.4, -0.2) is 11.7 Å². The minimum absolute atomic E-state index is 0.302. The molecule has 1 amide bonds. The lowest BCUT2D eigenvalue weighted by atomic mass is 10.2. The summed E-state index contributed by atoms with van der Waals surface area (Å²) in [6.45, 7) is 4.80. The van der Waals surface area contributed by atoms with Crippen LogP contribution < -0.4 is 5.32 Å². The van der Waals surface area contributed by atoms with E-state index < -0.39 is 35.3 Å². The third-order valence-corrected chi connectivity index (χ3v) is 1.94. The zero-order chi connectivity index (χ0) is 14.8. The van der Waals surface area contributed by atoms with E-state index >= 15 is 0 Å². The van der Waals surface area contributed by atoms with Crippen LogP contribution in [0.1, 0.15) is 32.8 Å². The molecule has 106 valence electrons. The van der Waals surface area contributed by atoms with Gasteiger partial charge in [-0.1, -0.05) is 0 Å². The van der Waals surface area contributed by atoms with E-state index in [1.165, 1.54) is 0 Å². The molecular formula is C12H13F4NO2. The molecule has 3 nitrogen and oxygen atoms in total. The standard InChI is InChI=1S/C12H13F4NO2/c1-12(2,3)19-11(18)17-6-4-7(10(15)16)9(14)8(13)5-6/h4-5,10H,1-3H3,(H,17,18). The number of nitrogens with one attached hydrogen (secondary N) is 1. The van der Waals surface area contributed by atoms with Gasteiger partial charge in [-0.15, -0.1) is 0 Å². The molecule has 0 saturated carbocycles. The maximum atomic E-state index is 13.1. The Labute approximate surface area is 107 Å². The number of carbonyl (C=O) groups is 1. The van der Waals surface area contributed by atoms with Crippen molar-refractivity contribution in [3.63, 3.8) is 0 Å². The molecule has 1 aromatic carbocycles. The number of carbonyl (C=O) groups excluding carboxylic acids is 1. The van der Waals surface area contributed by atoms with E-state index in [0.29, 0.717) is 12.1 Å². The summed E-state index contributed by atoms with van der Waals surface area (Å²) in [7, 11) is 0. The van der Waals surface area contributed by atoms with E-state index in [0.717, 1.165) is 0 Å². The second-order valence-electron chi connectivity index (χ2n) is 4.79. The smallest absolute Gasteiger partial charge is 0.412 e. The van der Waals surface area contributed by atoms with E-state index in [4.69, 9.17) is 4.74 Å². The SMILES string of the molecule is CC(C)(C)OC(=O)Nc1cc(F)c(F)c(C(F)F)c1. The number of halogens is 4. The van der Waals surface area contributed by atoms with Crippen molar-refractivity contribution in [2.24, 2.45) is 0 Å². The van der Waals surface area contributed by atoms with Gasteiger partial charge in [0, 0.05) is 11.8 Å². The fourth-order valence-corrected chi connectivity index (χ4v) is 1.26. The number of alkyl halides is 2. The van der Waals surface area contributed by atoms with Gasteiger partial charge in [0.05, 0.1) is 5.56 Å². The molecule has 0 unspecified atom stereocenters. The molecule has 1 N–H and O–H groups in total. The molecule has 0 radical (unpaired) electrons. The number of amides is 1. The Morgan fingerprint density at radius 2 is 1.84 bits per heavy atom. The van der Waals surface area contributed by atoms with Crippen LogP contribution in [0.3, 0.4) is 0 Å². The molecule has 0 atom stereocenters. The molecule has 0 aromatic heterocycles. The lowest BCUT2D eigenvalue weighted by Gasteiger charge is -2.20. The normalized spacial score (nSPS) is 11.6. The predicted octanol–water partition coefficient (Wildman–Crippen LogP) is 4.25. The van der Waals surface area contributed by atoms with Crippen molar-refractivity contribution in [3.8, 4) is 0 Å². The van der Waals surface area contributed by atoms with Crippen molar-refractivity contribution in [2.75, 3.05) is 5.32 Å². The second kappa shape index (κ2) is 5.46. The van der Waals surface area contributed by atoms with Crippen LogP contribution >= 0.6 is 0 Å². The maximum Gasteiger partial charge on any atom is 0.412 e. The predicted molar refractivity (Wildman–Crippen MR) is 61.2 cm³/mol. The molecule has 7 heteroatoms. The minimum atomic E-state index is -3.19. The summed E-state index contributed by atoms with van der Waals surface area (Å²) >= 11 is 0. The van der Waals surface area contributed by atoms with E-state index in [9.17, 15) is 22.4 Å². The van der Waals surface area contributed by atoms with Crippen molar-refractivity contribution < 1.29 is 27.1 Å². The van der Waals surface area contributed by atoms with Crippen molar-refractivity contribution in [2.45, 2.75) is 32.8 Å². The number of ether oxygens (including phenoxy) is 1. The number of hydrogen-bond acceptors (Lipinski definition) is 2.